The van der Waals surface area contributed by atoms with Crippen LogP contribution in [0.25, 0.3) is 0 Å². The molecular formula is C17H23N7O3. The van der Waals surface area contributed by atoms with Crippen LogP contribution in [0.3, 0.4) is 0 Å². The third kappa shape index (κ3) is 4.59. The summed E-state index contributed by atoms with van der Waals surface area (Å²) in [6.45, 7) is 0.168. The van der Waals surface area contributed by atoms with Crippen LogP contribution in [0.4, 0.5) is 17.5 Å². The number of hydrogen-bond donors (Lipinski definition) is 4. The van der Waals surface area contributed by atoms with Crippen LogP contribution in [0.15, 0.2) is 18.3 Å². The Labute approximate surface area is 156 Å². The maximum Gasteiger partial charge on any atom is 0.332 e. The molecule has 10 heteroatoms. The van der Waals surface area contributed by atoms with E-state index in [-0.39, 0.29) is 41.7 Å². The highest BCUT2D eigenvalue weighted by Gasteiger charge is 2.27. The van der Waals surface area contributed by atoms with Gasteiger partial charge >= 0.3 is 5.69 Å². The Hall–Kier alpha value is -3.01. The summed E-state index contributed by atoms with van der Waals surface area (Å²) in [5, 5.41) is 24.1. The first kappa shape index (κ1) is 18.8. The van der Waals surface area contributed by atoms with Gasteiger partial charge in [-0.3, -0.25) is 15.1 Å². The summed E-state index contributed by atoms with van der Waals surface area (Å²) in [7, 11) is 0. The normalized spacial score (nSPS) is 19.6. The van der Waals surface area contributed by atoms with Crippen molar-refractivity contribution in [3.8, 4) is 5.75 Å². The fourth-order valence-corrected chi connectivity index (χ4v) is 3.34. The minimum Gasteiger partial charge on any atom is -0.506 e. The molecule has 0 atom stereocenters. The predicted molar refractivity (Wildman–Crippen MR) is 100.0 cm³/mol. The van der Waals surface area contributed by atoms with E-state index in [0.29, 0.717) is 17.8 Å². The summed E-state index contributed by atoms with van der Waals surface area (Å²) in [5.74, 6) is 0.319. The standard InChI is InChI=1S/C17H23N7O3/c18-11-5-3-10(4-6-11)8-12-15(24(26)27)16(19)23-17(22-12)21-9-13-14(25)2-1-7-20-13/h1-2,7,10-11,25H,3-6,8-9,18H2,(H3,19,21,22,23). The average Bonchev–Trinajstić information content (AvgIpc) is 2.62. The molecule has 1 saturated carbocycles. The molecule has 0 amide bonds. The first-order chi connectivity index (χ1) is 12.9. The minimum atomic E-state index is -0.534. The lowest BCUT2D eigenvalue weighted by atomic mass is 9.83. The average molecular weight is 373 g/mol. The van der Waals surface area contributed by atoms with Crippen LogP contribution in [0.2, 0.25) is 0 Å². The van der Waals surface area contributed by atoms with Crippen LogP contribution >= 0.6 is 0 Å². The molecule has 0 saturated heterocycles. The van der Waals surface area contributed by atoms with Gasteiger partial charge in [0.1, 0.15) is 17.1 Å². The van der Waals surface area contributed by atoms with Gasteiger partial charge in [-0.1, -0.05) is 0 Å². The van der Waals surface area contributed by atoms with Crippen LogP contribution in [-0.4, -0.2) is 31.0 Å². The van der Waals surface area contributed by atoms with Gasteiger partial charge in [0.25, 0.3) is 0 Å². The second kappa shape index (κ2) is 8.12. The molecule has 1 aliphatic rings. The van der Waals surface area contributed by atoms with E-state index in [1.54, 1.807) is 12.3 Å². The number of nitrogen functional groups attached to an aromatic ring is 1. The molecule has 144 valence electrons. The maximum atomic E-state index is 11.4. The van der Waals surface area contributed by atoms with Gasteiger partial charge in [-0.2, -0.15) is 4.98 Å². The molecule has 10 nitrogen and oxygen atoms in total. The summed E-state index contributed by atoms with van der Waals surface area (Å²) in [5.41, 5.74) is 12.3. The minimum absolute atomic E-state index is 0.0404. The third-order valence-corrected chi connectivity index (χ3v) is 4.82. The topological polar surface area (TPSA) is 166 Å². The Balaban J connectivity index is 1.80. The zero-order valence-electron chi connectivity index (χ0n) is 14.8. The highest BCUT2D eigenvalue weighted by atomic mass is 16.6. The van der Waals surface area contributed by atoms with Gasteiger partial charge in [0.15, 0.2) is 0 Å². The van der Waals surface area contributed by atoms with E-state index in [9.17, 15) is 15.2 Å². The summed E-state index contributed by atoms with van der Waals surface area (Å²) in [6.07, 6.45) is 5.64. The highest BCUT2D eigenvalue weighted by molar-refractivity contribution is 5.58. The largest absolute Gasteiger partial charge is 0.506 e. The molecular weight excluding hydrogens is 350 g/mol. The van der Waals surface area contributed by atoms with Gasteiger partial charge in [-0.15, -0.1) is 0 Å². The van der Waals surface area contributed by atoms with E-state index >= 15 is 0 Å². The van der Waals surface area contributed by atoms with E-state index in [0.717, 1.165) is 25.7 Å². The second-order valence-corrected chi connectivity index (χ2v) is 6.79. The van der Waals surface area contributed by atoms with Crippen molar-refractivity contribution in [1.29, 1.82) is 0 Å². The number of nitro groups is 1. The molecule has 3 rings (SSSR count). The van der Waals surface area contributed by atoms with Crippen molar-refractivity contribution in [2.45, 2.75) is 44.7 Å². The zero-order chi connectivity index (χ0) is 19.4. The number of nitrogens with zero attached hydrogens (tertiary/aromatic N) is 4. The van der Waals surface area contributed by atoms with E-state index in [2.05, 4.69) is 20.3 Å². The number of nitrogens with two attached hydrogens (primary N) is 2. The lowest BCUT2D eigenvalue weighted by molar-refractivity contribution is -0.385. The molecule has 2 aromatic rings. The van der Waals surface area contributed by atoms with Crippen LogP contribution in [-0.2, 0) is 13.0 Å². The number of pyridine rings is 1. The Morgan fingerprint density at radius 2 is 2.00 bits per heavy atom. The second-order valence-electron chi connectivity index (χ2n) is 6.79. The van der Waals surface area contributed by atoms with Crippen molar-refractivity contribution in [3.05, 3.63) is 39.8 Å². The van der Waals surface area contributed by atoms with Gasteiger partial charge in [0.05, 0.1) is 11.5 Å². The number of hydrogen-bond acceptors (Lipinski definition) is 9. The summed E-state index contributed by atoms with van der Waals surface area (Å²) < 4.78 is 0. The monoisotopic (exact) mass is 373 g/mol. The van der Waals surface area contributed by atoms with Crippen molar-refractivity contribution in [3.63, 3.8) is 0 Å². The lowest BCUT2D eigenvalue weighted by Crippen LogP contribution is -2.27. The molecule has 1 fully saturated rings. The smallest absolute Gasteiger partial charge is 0.332 e. The molecule has 0 radical (unpaired) electrons. The summed E-state index contributed by atoms with van der Waals surface area (Å²) >= 11 is 0. The van der Waals surface area contributed by atoms with Gasteiger partial charge < -0.3 is 21.9 Å². The van der Waals surface area contributed by atoms with E-state index in [1.165, 1.54) is 6.07 Å². The van der Waals surface area contributed by atoms with E-state index in [4.69, 9.17) is 11.5 Å². The molecule has 2 heterocycles. The number of rotatable bonds is 6. The van der Waals surface area contributed by atoms with Crippen LogP contribution in [0.5, 0.6) is 5.75 Å². The molecule has 6 N–H and O–H groups in total. The van der Waals surface area contributed by atoms with Crippen molar-refractivity contribution in [2.75, 3.05) is 11.1 Å². The third-order valence-electron chi connectivity index (χ3n) is 4.82. The fourth-order valence-electron chi connectivity index (χ4n) is 3.34. The molecule has 0 aromatic carbocycles. The quantitative estimate of drug-likeness (QED) is 0.435. The maximum absolute atomic E-state index is 11.4. The fraction of sp³-hybridized carbons (Fsp3) is 0.471. The summed E-state index contributed by atoms with van der Waals surface area (Å²) in [4.78, 5) is 23.3. The number of anilines is 2. The molecule has 0 aliphatic heterocycles. The Morgan fingerprint density at radius 1 is 1.26 bits per heavy atom. The van der Waals surface area contributed by atoms with Crippen molar-refractivity contribution in [2.24, 2.45) is 11.7 Å². The molecule has 2 aromatic heterocycles. The first-order valence-corrected chi connectivity index (χ1v) is 8.87. The van der Waals surface area contributed by atoms with Crippen LogP contribution < -0.4 is 16.8 Å². The van der Waals surface area contributed by atoms with Gasteiger partial charge in [-0.05, 0) is 50.2 Å². The number of aromatic nitrogens is 3. The molecule has 0 unspecified atom stereocenters. The van der Waals surface area contributed by atoms with E-state index < -0.39 is 4.92 Å². The number of nitrogens with one attached hydrogen (secondary N) is 1. The Morgan fingerprint density at radius 3 is 2.67 bits per heavy atom. The highest BCUT2D eigenvalue weighted by Crippen LogP contribution is 2.32. The first-order valence-electron chi connectivity index (χ1n) is 8.87. The Bertz CT molecular complexity index is 822. The van der Waals surface area contributed by atoms with Crippen molar-refractivity contribution < 1.29 is 10.0 Å². The predicted octanol–water partition coefficient (Wildman–Crippen LogP) is 1.74. The van der Waals surface area contributed by atoms with Crippen LogP contribution in [0, 0.1) is 16.0 Å². The van der Waals surface area contributed by atoms with Crippen molar-refractivity contribution >= 4 is 17.5 Å². The molecule has 0 bridgehead atoms. The lowest BCUT2D eigenvalue weighted by Gasteiger charge is -2.25. The van der Waals surface area contributed by atoms with Gasteiger partial charge in [0, 0.05) is 12.2 Å². The zero-order valence-corrected chi connectivity index (χ0v) is 14.8. The van der Waals surface area contributed by atoms with Gasteiger partial charge in [-0.25, -0.2) is 4.98 Å². The molecule has 27 heavy (non-hydrogen) atoms. The summed E-state index contributed by atoms with van der Waals surface area (Å²) in [6, 6.07) is 3.34. The van der Waals surface area contributed by atoms with E-state index in [1.807, 2.05) is 0 Å². The SMILES string of the molecule is Nc1nc(NCc2ncccc2O)nc(CC2CCC(N)CC2)c1[N+](=O)[O-]. The number of aromatic hydroxyl groups is 1. The molecule has 1 aliphatic carbocycles. The van der Waals surface area contributed by atoms with Crippen LogP contribution in [0.1, 0.15) is 37.1 Å². The van der Waals surface area contributed by atoms with Crippen molar-refractivity contribution in [1.82, 2.24) is 15.0 Å². The Kier molecular flexibility index (Phi) is 5.65. The molecule has 0 spiro atoms. The van der Waals surface area contributed by atoms with Gasteiger partial charge in [0.2, 0.25) is 11.8 Å².